The van der Waals surface area contributed by atoms with Gasteiger partial charge in [0, 0.05) is 21.4 Å². The molecule has 1 atom stereocenters. The molecule has 1 saturated heterocycles. The van der Waals surface area contributed by atoms with E-state index in [4.69, 9.17) is 23.2 Å². The zero-order chi connectivity index (χ0) is 20.7. The van der Waals surface area contributed by atoms with E-state index in [-0.39, 0.29) is 38.8 Å². The summed E-state index contributed by atoms with van der Waals surface area (Å²) >= 11 is 11.7. The predicted molar refractivity (Wildman–Crippen MR) is 103 cm³/mol. The second-order valence-corrected chi connectivity index (χ2v) is 8.41. The first-order chi connectivity index (χ1) is 13.0. The summed E-state index contributed by atoms with van der Waals surface area (Å²) in [5.74, 6) is -0.510. The number of alkyl halides is 3. The molecule has 2 aromatic rings. The minimum atomic E-state index is -4.37. The van der Waals surface area contributed by atoms with E-state index in [0.29, 0.717) is 5.56 Å². The normalized spacial score (nSPS) is 19.9. The number of hydrogen-bond donors (Lipinski definition) is 1. The lowest BCUT2D eigenvalue weighted by Gasteiger charge is -2.22. The van der Waals surface area contributed by atoms with Crippen LogP contribution in [0, 0.1) is 0 Å². The predicted octanol–water partition coefficient (Wildman–Crippen LogP) is 5.66. The van der Waals surface area contributed by atoms with Crippen LogP contribution in [0.2, 0.25) is 10.0 Å². The van der Waals surface area contributed by atoms with E-state index < -0.39 is 23.0 Å². The smallest absolute Gasteiger partial charge is 0.323 e. The molecule has 0 bridgehead atoms. The van der Waals surface area contributed by atoms with Gasteiger partial charge in [-0.3, -0.25) is 4.79 Å². The summed E-state index contributed by atoms with van der Waals surface area (Å²) < 4.78 is 37.3. The third-order valence-electron chi connectivity index (χ3n) is 4.08. The van der Waals surface area contributed by atoms with Crippen molar-refractivity contribution in [3.8, 4) is 0 Å². The minimum absolute atomic E-state index is 0.0402. The van der Waals surface area contributed by atoms with Crippen LogP contribution in [0.25, 0.3) is 0 Å². The van der Waals surface area contributed by atoms with Gasteiger partial charge in [-0.05, 0) is 54.6 Å². The molecule has 1 unspecified atom stereocenters. The van der Waals surface area contributed by atoms with Crippen LogP contribution in [0.1, 0.15) is 12.5 Å². The molecule has 0 aromatic heterocycles. The van der Waals surface area contributed by atoms with Gasteiger partial charge < -0.3 is 5.32 Å². The van der Waals surface area contributed by atoms with Crippen LogP contribution in [-0.2, 0) is 11.2 Å². The lowest BCUT2D eigenvalue weighted by atomic mass is 9.93. The average Bonchev–Trinajstić information content (AvgIpc) is 2.76. The molecule has 3 amide bonds. The fourth-order valence-corrected chi connectivity index (χ4v) is 3.98. The van der Waals surface area contributed by atoms with Gasteiger partial charge in [-0.25, -0.2) is 9.69 Å². The van der Waals surface area contributed by atoms with Crippen LogP contribution in [0.15, 0.2) is 47.4 Å². The van der Waals surface area contributed by atoms with Gasteiger partial charge >= 0.3 is 11.5 Å². The van der Waals surface area contributed by atoms with Gasteiger partial charge in [0.2, 0.25) is 0 Å². The molecule has 28 heavy (non-hydrogen) atoms. The number of carbonyl (C=O) groups excluding carboxylic acids is 2. The van der Waals surface area contributed by atoms with Gasteiger partial charge in [0.25, 0.3) is 5.91 Å². The molecule has 1 heterocycles. The summed E-state index contributed by atoms with van der Waals surface area (Å²) in [6.07, 6.45) is 0.110. The molecule has 1 N–H and O–H groups in total. The number of nitrogens with zero attached hydrogens (tertiary/aromatic N) is 1. The molecule has 0 spiro atoms. The van der Waals surface area contributed by atoms with Crippen LogP contribution in [-0.4, -0.2) is 23.0 Å². The lowest BCUT2D eigenvalue weighted by molar-refractivity contribution is -0.121. The Hall–Kier alpha value is -1.90. The van der Waals surface area contributed by atoms with Crippen LogP contribution >= 0.6 is 35.0 Å². The van der Waals surface area contributed by atoms with E-state index >= 15 is 0 Å². The van der Waals surface area contributed by atoms with Gasteiger partial charge in [0.05, 0.1) is 5.69 Å². The second-order valence-electron chi connectivity index (χ2n) is 6.40. The SMILES string of the molecule is CC1(Cc2ccc(SC(F)(F)F)cc2)NC(=O)N(c2cc(Cl)cc(Cl)c2)C1=O. The van der Waals surface area contributed by atoms with Crippen LogP contribution in [0.5, 0.6) is 0 Å². The summed E-state index contributed by atoms with van der Waals surface area (Å²) in [5, 5.41) is 3.18. The number of benzene rings is 2. The minimum Gasteiger partial charge on any atom is -0.323 e. The Morgan fingerprint density at radius 1 is 1.07 bits per heavy atom. The number of urea groups is 1. The van der Waals surface area contributed by atoms with E-state index in [1.165, 1.54) is 42.5 Å². The lowest BCUT2D eigenvalue weighted by Crippen LogP contribution is -2.46. The van der Waals surface area contributed by atoms with Crippen molar-refractivity contribution < 1.29 is 22.8 Å². The Morgan fingerprint density at radius 3 is 2.18 bits per heavy atom. The highest BCUT2D eigenvalue weighted by Crippen LogP contribution is 2.37. The standard InChI is InChI=1S/C18H13Cl2F3N2O2S/c1-17(9-10-2-4-14(5-3-10)28-18(21,22)23)15(26)25(16(27)24-17)13-7-11(19)6-12(20)8-13/h2-8H,9H2,1H3,(H,24,27). The molecule has 3 rings (SSSR count). The maximum Gasteiger partial charge on any atom is 0.446 e. The fourth-order valence-electron chi connectivity index (χ4n) is 2.92. The van der Waals surface area contributed by atoms with E-state index in [9.17, 15) is 22.8 Å². The van der Waals surface area contributed by atoms with Crippen molar-refractivity contribution in [3.05, 3.63) is 58.1 Å². The third kappa shape index (κ3) is 4.56. The quantitative estimate of drug-likeness (QED) is 0.484. The molecule has 1 fully saturated rings. The van der Waals surface area contributed by atoms with Crippen molar-refractivity contribution in [1.29, 1.82) is 0 Å². The molecule has 2 aromatic carbocycles. The number of carbonyl (C=O) groups is 2. The first kappa shape index (κ1) is 20.8. The van der Waals surface area contributed by atoms with Crippen molar-refractivity contribution in [2.24, 2.45) is 0 Å². The molecule has 10 heteroatoms. The van der Waals surface area contributed by atoms with E-state index in [0.717, 1.165) is 4.90 Å². The summed E-state index contributed by atoms with van der Waals surface area (Å²) in [4.78, 5) is 26.3. The van der Waals surface area contributed by atoms with E-state index in [1.54, 1.807) is 6.92 Å². The molecule has 1 aliphatic heterocycles. The third-order valence-corrected chi connectivity index (χ3v) is 5.26. The van der Waals surface area contributed by atoms with Crippen molar-refractivity contribution in [3.63, 3.8) is 0 Å². The zero-order valence-corrected chi connectivity index (χ0v) is 16.6. The van der Waals surface area contributed by atoms with Crippen molar-refractivity contribution in [2.45, 2.75) is 29.3 Å². The molecule has 4 nitrogen and oxygen atoms in total. The Morgan fingerprint density at radius 2 is 1.64 bits per heavy atom. The molecule has 0 aliphatic carbocycles. The van der Waals surface area contributed by atoms with Gasteiger partial charge in [0.1, 0.15) is 5.54 Å². The topological polar surface area (TPSA) is 49.4 Å². The van der Waals surface area contributed by atoms with Crippen molar-refractivity contribution >= 4 is 52.6 Å². The van der Waals surface area contributed by atoms with Gasteiger partial charge in [-0.2, -0.15) is 13.2 Å². The first-order valence-corrected chi connectivity index (χ1v) is 9.52. The number of rotatable bonds is 4. The van der Waals surface area contributed by atoms with Crippen molar-refractivity contribution in [1.82, 2.24) is 5.32 Å². The Labute approximate surface area is 173 Å². The van der Waals surface area contributed by atoms with E-state index in [2.05, 4.69) is 5.32 Å². The summed E-state index contributed by atoms with van der Waals surface area (Å²) in [7, 11) is 0. The monoisotopic (exact) mass is 448 g/mol. The Balaban J connectivity index is 1.81. The maximum absolute atomic E-state index is 12.9. The van der Waals surface area contributed by atoms with Gasteiger partial charge in [-0.1, -0.05) is 35.3 Å². The van der Waals surface area contributed by atoms with Crippen LogP contribution in [0.3, 0.4) is 0 Å². The van der Waals surface area contributed by atoms with Crippen LogP contribution < -0.4 is 10.2 Å². The Kier molecular flexibility index (Phi) is 5.58. The van der Waals surface area contributed by atoms with Crippen molar-refractivity contribution in [2.75, 3.05) is 4.90 Å². The van der Waals surface area contributed by atoms with Crippen LogP contribution in [0.4, 0.5) is 23.7 Å². The molecule has 0 saturated carbocycles. The molecule has 148 valence electrons. The number of nitrogens with one attached hydrogen (secondary N) is 1. The van der Waals surface area contributed by atoms with Gasteiger partial charge in [0.15, 0.2) is 0 Å². The number of anilines is 1. The summed E-state index contributed by atoms with van der Waals surface area (Å²) in [6.45, 7) is 1.55. The molecule has 1 aliphatic rings. The Bertz CT molecular complexity index is 917. The summed E-state index contributed by atoms with van der Waals surface area (Å²) in [5.41, 5.74) is -4.79. The van der Waals surface area contributed by atoms with E-state index in [1.807, 2.05) is 0 Å². The molecular formula is C18H13Cl2F3N2O2S. The number of thioether (sulfide) groups is 1. The number of amides is 3. The second kappa shape index (κ2) is 7.50. The highest BCUT2D eigenvalue weighted by molar-refractivity contribution is 8.00. The largest absolute Gasteiger partial charge is 0.446 e. The summed E-state index contributed by atoms with van der Waals surface area (Å²) in [6, 6.07) is 9.38. The molecule has 0 radical (unpaired) electrons. The fraction of sp³-hybridized carbons (Fsp3) is 0.222. The van der Waals surface area contributed by atoms with Gasteiger partial charge in [-0.15, -0.1) is 0 Å². The average molecular weight is 449 g/mol. The highest BCUT2D eigenvalue weighted by atomic mass is 35.5. The number of hydrogen-bond acceptors (Lipinski definition) is 3. The maximum atomic E-state index is 12.9. The number of halogens is 5. The zero-order valence-electron chi connectivity index (χ0n) is 14.3. The highest BCUT2D eigenvalue weighted by Gasteiger charge is 2.48. The number of imide groups is 1. The molecular weight excluding hydrogens is 436 g/mol. The first-order valence-electron chi connectivity index (χ1n) is 7.94.